The molecule has 0 unspecified atom stereocenters. The molecule has 0 atom stereocenters. The van der Waals surface area contributed by atoms with Crippen molar-refractivity contribution in [2.75, 3.05) is 0 Å². The summed E-state index contributed by atoms with van der Waals surface area (Å²) < 4.78 is 0. The van der Waals surface area contributed by atoms with Gasteiger partial charge in [0.1, 0.15) is 0 Å². The number of thioether (sulfide) groups is 1. The second kappa shape index (κ2) is 3.55. The molecule has 1 radical (unpaired) electrons. The lowest BCUT2D eigenvalue weighted by Gasteiger charge is -1.97. The Balaban J connectivity index is 2.36. The van der Waals surface area contributed by atoms with E-state index in [4.69, 9.17) is 0 Å². The molecule has 1 aliphatic heterocycles. The van der Waals surface area contributed by atoms with Gasteiger partial charge in [-0.1, -0.05) is 42.1 Å². The van der Waals surface area contributed by atoms with Crippen molar-refractivity contribution in [3.05, 3.63) is 59.1 Å². The maximum absolute atomic E-state index is 4.62. The first-order valence-corrected chi connectivity index (χ1v) is 5.58. The van der Waals surface area contributed by atoms with Gasteiger partial charge in [0.15, 0.2) is 0 Å². The van der Waals surface area contributed by atoms with Crippen LogP contribution in [0.1, 0.15) is 0 Å². The average Bonchev–Trinajstić information content (AvgIpc) is 2.48. The predicted molar refractivity (Wildman–Crippen MR) is 62.6 cm³/mol. The van der Waals surface area contributed by atoms with Crippen LogP contribution < -0.4 is 10.6 Å². The maximum Gasteiger partial charge on any atom is 0.0776 e. The Labute approximate surface area is 92.2 Å². The van der Waals surface area contributed by atoms with Gasteiger partial charge in [-0.3, -0.25) is 0 Å². The molecule has 3 rings (SSSR count). The molecule has 1 aliphatic rings. The molecule has 2 aromatic carbocycles. The number of nitrogens with zero attached hydrogens (tertiary/aromatic N) is 1. The Bertz CT molecular complexity index is 616. The molecule has 0 aromatic heterocycles. The molecular formula is C13H8NS. The van der Waals surface area contributed by atoms with Gasteiger partial charge in [0.05, 0.1) is 11.0 Å². The molecule has 0 fully saturated rings. The SMILES string of the molecule is [C]1=c2ccccc2=Nc2ccccc2S1. The normalized spacial score (nSPS) is 12.8. The van der Waals surface area contributed by atoms with Crippen molar-refractivity contribution in [1.29, 1.82) is 0 Å². The summed E-state index contributed by atoms with van der Waals surface area (Å²) in [6.45, 7) is 0. The quantitative estimate of drug-likeness (QED) is 0.650. The zero-order valence-electron chi connectivity index (χ0n) is 7.97. The highest BCUT2D eigenvalue weighted by Gasteiger charge is 2.02. The minimum atomic E-state index is 0.995. The minimum absolute atomic E-state index is 0.995. The highest BCUT2D eigenvalue weighted by atomic mass is 32.2. The zero-order chi connectivity index (χ0) is 10.1. The van der Waals surface area contributed by atoms with Gasteiger partial charge in [-0.25, -0.2) is 4.99 Å². The number of rotatable bonds is 0. The van der Waals surface area contributed by atoms with Crippen molar-refractivity contribution in [2.45, 2.75) is 4.90 Å². The summed E-state index contributed by atoms with van der Waals surface area (Å²) in [6, 6.07) is 16.2. The van der Waals surface area contributed by atoms with Crippen LogP contribution in [0.3, 0.4) is 0 Å². The minimum Gasteiger partial charge on any atom is -0.247 e. The van der Waals surface area contributed by atoms with Crippen molar-refractivity contribution in [3.8, 4) is 0 Å². The van der Waals surface area contributed by atoms with Crippen LogP contribution in [-0.4, -0.2) is 0 Å². The molecule has 2 aromatic rings. The maximum atomic E-state index is 4.62. The van der Waals surface area contributed by atoms with Crippen LogP contribution in [0.15, 0.2) is 58.4 Å². The molecule has 1 nitrogen and oxygen atoms in total. The molecule has 1 heterocycles. The topological polar surface area (TPSA) is 12.4 Å². The van der Waals surface area contributed by atoms with Crippen LogP contribution in [0.25, 0.3) is 5.41 Å². The number of hydrogen-bond acceptors (Lipinski definition) is 2. The summed E-state index contributed by atoms with van der Waals surface area (Å²) in [5, 5.41) is 5.37. The summed E-state index contributed by atoms with van der Waals surface area (Å²) in [6.07, 6.45) is 0. The molecular weight excluding hydrogens is 202 g/mol. The van der Waals surface area contributed by atoms with Crippen molar-refractivity contribution in [1.82, 2.24) is 0 Å². The van der Waals surface area contributed by atoms with Crippen molar-refractivity contribution in [3.63, 3.8) is 0 Å². The van der Waals surface area contributed by atoms with E-state index in [-0.39, 0.29) is 0 Å². The lowest BCUT2D eigenvalue weighted by atomic mass is 10.3. The molecule has 0 saturated heterocycles. The van der Waals surface area contributed by atoms with Crippen LogP contribution in [0, 0.1) is 0 Å². The van der Waals surface area contributed by atoms with E-state index in [1.54, 1.807) is 11.8 Å². The van der Waals surface area contributed by atoms with E-state index in [0.29, 0.717) is 0 Å². The van der Waals surface area contributed by atoms with Crippen LogP contribution in [0.2, 0.25) is 0 Å². The number of para-hydroxylation sites is 2. The summed E-state index contributed by atoms with van der Waals surface area (Å²) in [7, 11) is 0. The fraction of sp³-hybridized carbons (Fsp3) is 0. The molecule has 0 saturated carbocycles. The summed E-state index contributed by atoms with van der Waals surface area (Å²) >= 11 is 1.61. The molecule has 0 amide bonds. The lowest BCUT2D eigenvalue weighted by Crippen LogP contribution is -2.22. The third kappa shape index (κ3) is 1.57. The van der Waals surface area contributed by atoms with Gasteiger partial charge in [-0.05, 0) is 18.2 Å². The second-order valence-corrected chi connectivity index (χ2v) is 4.15. The Hall–Kier alpha value is -1.54. The first-order valence-electron chi connectivity index (χ1n) is 4.76. The van der Waals surface area contributed by atoms with E-state index in [9.17, 15) is 0 Å². The Morgan fingerprint density at radius 2 is 1.73 bits per heavy atom. The first-order chi connectivity index (χ1) is 7.43. The lowest BCUT2D eigenvalue weighted by molar-refractivity contribution is 1.27. The van der Waals surface area contributed by atoms with Gasteiger partial charge in [0.25, 0.3) is 0 Å². The van der Waals surface area contributed by atoms with Crippen LogP contribution in [0.4, 0.5) is 5.69 Å². The van der Waals surface area contributed by atoms with E-state index < -0.39 is 0 Å². The summed E-state index contributed by atoms with van der Waals surface area (Å²) in [5.74, 6) is 0. The predicted octanol–water partition coefficient (Wildman–Crippen LogP) is 2.36. The van der Waals surface area contributed by atoms with Gasteiger partial charge in [-0.2, -0.15) is 0 Å². The molecule has 71 valence electrons. The van der Waals surface area contributed by atoms with Crippen LogP contribution >= 0.6 is 11.8 Å². The number of hydrogen-bond donors (Lipinski definition) is 0. The Kier molecular flexibility index (Phi) is 2.07. The standard InChI is InChI=1S/C13H8NS/c1-2-6-11-10(5-1)9-15-13-8-4-3-7-12(13)14-11/h1-8H. The van der Waals surface area contributed by atoms with Gasteiger partial charge in [0.2, 0.25) is 0 Å². The molecule has 0 spiro atoms. The molecule has 0 N–H and O–H groups in total. The second-order valence-electron chi connectivity index (χ2n) is 3.30. The third-order valence-corrected chi connectivity index (χ3v) is 3.17. The van der Waals surface area contributed by atoms with Crippen molar-refractivity contribution >= 4 is 22.9 Å². The average molecular weight is 210 g/mol. The van der Waals surface area contributed by atoms with E-state index in [0.717, 1.165) is 21.2 Å². The highest BCUT2D eigenvalue weighted by Crippen LogP contribution is 2.30. The van der Waals surface area contributed by atoms with E-state index >= 15 is 0 Å². The summed E-state index contributed by atoms with van der Waals surface area (Å²) in [5.41, 5.74) is 1.03. The number of fused-ring (bicyclic) bond motifs is 2. The number of benzene rings is 2. The Morgan fingerprint density at radius 1 is 0.933 bits per heavy atom. The van der Waals surface area contributed by atoms with E-state index in [1.807, 2.05) is 42.5 Å². The largest absolute Gasteiger partial charge is 0.247 e. The van der Waals surface area contributed by atoms with Crippen LogP contribution in [-0.2, 0) is 0 Å². The van der Waals surface area contributed by atoms with Crippen molar-refractivity contribution < 1.29 is 0 Å². The zero-order valence-corrected chi connectivity index (χ0v) is 8.79. The van der Waals surface area contributed by atoms with Crippen molar-refractivity contribution in [2.24, 2.45) is 4.99 Å². The van der Waals surface area contributed by atoms with E-state index in [2.05, 4.69) is 16.5 Å². The van der Waals surface area contributed by atoms with Gasteiger partial charge in [0, 0.05) is 15.5 Å². The summed E-state index contributed by atoms with van der Waals surface area (Å²) in [4.78, 5) is 5.78. The monoisotopic (exact) mass is 210 g/mol. The van der Waals surface area contributed by atoms with Crippen LogP contribution in [0.5, 0.6) is 0 Å². The highest BCUT2D eigenvalue weighted by molar-refractivity contribution is 8.06. The third-order valence-electron chi connectivity index (χ3n) is 2.28. The first kappa shape index (κ1) is 8.74. The molecule has 15 heavy (non-hydrogen) atoms. The molecule has 0 aliphatic carbocycles. The Morgan fingerprint density at radius 3 is 2.73 bits per heavy atom. The fourth-order valence-corrected chi connectivity index (χ4v) is 2.29. The molecule has 2 heteroatoms. The smallest absolute Gasteiger partial charge is 0.0776 e. The van der Waals surface area contributed by atoms with Gasteiger partial charge < -0.3 is 0 Å². The van der Waals surface area contributed by atoms with E-state index in [1.165, 1.54) is 0 Å². The van der Waals surface area contributed by atoms with Gasteiger partial charge in [-0.15, -0.1) is 0 Å². The van der Waals surface area contributed by atoms with Gasteiger partial charge >= 0.3 is 0 Å². The molecule has 0 bridgehead atoms. The fourth-order valence-electron chi connectivity index (χ4n) is 1.53.